The molecule has 0 unspecified atom stereocenters. The van der Waals surface area contributed by atoms with Crippen LogP contribution in [-0.4, -0.2) is 76.3 Å². The highest BCUT2D eigenvalue weighted by Crippen LogP contribution is 2.59. The molecule has 63 heavy (non-hydrogen) atoms. The third-order valence-corrected chi connectivity index (χ3v) is 13.4. The minimum absolute atomic E-state index is 0.0893. The number of nitrogens with zero attached hydrogens (tertiary/aromatic N) is 4. The average molecular weight is 849 g/mol. The maximum absolute atomic E-state index is 15.5. The molecule has 5 aromatic carbocycles. The quantitative estimate of drug-likeness (QED) is 0.184. The molecule has 5 aromatic rings. The summed E-state index contributed by atoms with van der Waals surface area (Å²) in [6, 6.07) is 35.0. The fraction of sp³-hybridized carbons (Fsp3) is 0.320. The van der Waals surface area contributed by atoms with Crippen molar-refractivity contribution < 1.29 is 43.6 Å². The van der Waals surface area contributed by atoms with Crippen LogP contribution in [0, 0.1) is 11.8 Å². The number of rotatable bonds is 8. The monoisotopic (exact) mass is 848 g/mol. The maximum atomic E-state index is 15.5. The van der Waals surface area contributed by atoms with Crippen LogP contribution in [-0.2, 0) is 49.0 Å². The Morgan fingerprint density at radius 3 is 1.98 bits per heavy atom. The van der Waals surface area contributed by atoms with Crippen LogP contribution in [0.15, 0.2) is 115 Å². The molecule has 10 rings (SSSR count). The Hall–Kier alpha value is -6.54. The minimum Gasteiger partial charge on any atom is -0.482 e. The van der Waals surface area contributed by atoms with Crippen LogP contribution in [0.4, 0.5) is 28.4 Å². The number of anilines is 5. The molecule has 0 radical (unpaired) electrons. The van der Waals surface area contributed by atoms with E-state index in [1.165, 1.54) is 0 Å². The number of carbonyl (C=O) groups excluding carboxylic acids is 4. The third-order valence-electron chi connectivity index (χ3n) is 13.4. The van der Waals surface area contributed by atoms with Crippen LogP contribution in [0.25, 0.3) is 0 Å². The Kier molecular flexibility index (Phi) is 9.89. The number of hydrogen-bond donors (Lipinski definition) is 2. The standard InChI is InChI=1S/C50H48N4O9/c1-30-47(49(2,3)60)43(24-44(56)51-26-33-11-5-4-10-32(33)22-36(51)27-55)63-50(30)37-23-35(54-40-13-7-9-15-42(40)62-29-46(54)58)20-21-38(37)52(48(50)59)25-31-16-18-34(19-17-31)53-39-12-6-8-14-41(39)61-28-45(53)57/h4-21,23,30,36,43,47,55,60H,22,24-29H2,1-3H3/t30-,36+,43+,47-,50+/m1/s1. The van der Waals surface area contributed by atoms with Gasteiger partial charge in [-0.05, 0) is 91.6 Å². The van der Waals surface area contributed by atoms with E-state index in [-0.39, 0.29) is 56.4 Å². The van der Waals surface area contributed by atoms with Gasteiger partial charge in [-0.2, -0.15) is 0 Å². The van der Waals surface area contributed by atoms with Crippen molar-refractivity contribution in [2.45, 2.75) is 70.1 Å². The first-order valence-corrected chi connectivity index (χ1v) is 21.4. The fourth-order valence-corrected chi connectivity index (χ4v) is 10.6. The van der Waals surface area contributed by atoms with Gasteiger partial charge in [-0.25, -0.2) is 0 Å². The van der Waals surface area contributed by atoms with E-state index in [2.05, 4.69) is 0 Å². The molecule has 5 atom stereocenters. The predicted molar refractivity (Wildman–Crippen MR) is 234 cm³/mol. The SMILES string of the molecule is C[C@@H]1[C@@H](C(C)(C)O)[C@H](CC(=O)N2Cc3ccccc3C[C@H]2CO)O[C@@]12C(=O)N(Cc1ccc(N3C(=O)COc4ccccc43)cc1)c1ccc(N3C(=O)COc4ccccc43)cc12. The van der Waals surface area contributed by atoms with Gasteiger partial charge in [-0.3, -0.25) is 29.0 Å². The molecule has 0 bridgehead atoms. The van der Waals surface area contributed by atoms with Gasteiger partial charge in [-0.1, -0.05) is 67.6 Å². The third kappa shape index (κ3) is 6.64. The van der Waals surface area contributed by atoms with Crippen molar-refractivity contribution in [3.05, 3.63) is 138 Å². The summed E-state index contributed by atoms with van der Waals surface area (Å²) in [7, 11) is 0. The lowest BCUT2D eigenvalue weighted by Crippen LogP contribution is -2.48. The summed E-state index contributed by atoms with van der Waals surface area (Å²) < 4.78 is 18.5. The molecule has 5 aliphatic heterocycles. The van der Waals surface area contributed by atoms with Crippen LogP contribution in [0.1, 0.15) is 49.4 Å². The summed E-state index contributed by atoms with van der Waals surface area (Å²) in [6.45, 7) is 5.23. The van der Waals surface area contributed by atoms with E-state index in [1.807, 2.05) is 104 Å². The van der Waals surface area contributed by atoms with Crippen molar-refractivity contribution in [1.29, 1.82) is 0 Å². The van der Waals surface area contributed by atoms with Gasteiger partial charge in [0.15, 0.2) is 18.8 Å². The van der Waals surface area contributed by atoms with E-state index in [0.29, 0.717) is 58.5 Å². The smallest absolute Gasteiger partial charge is 0.269 e. The predicted octanol–water partition coefficient (Wildman–Crippen LogP) is 6.30. The highest BCUT2D eigenvalue weighted by Gasteiger charge is 2.66. The summed E-state index contributed by atoms with van der Waals surface area (Å²) in [5, 5.41) is 22.4. The highest BCUT2D eigenvalue weighted by atomic mass is 16.5. The molecule has 1 saturated heterocycles. The Bertz CT molecular complexity index is 2660. The van der Waals surface area contributed by atoms with Gasteiger partial charge in [0, 0.05) is 35.3 Å². The molecule has 2 N–H and O–H groups in total. The lowest BCUT2D eigenvalue weighted by atomic mass is 9.70. The molecule has 5 heterocycles. The molecule has 322 valence electrons. The van der Waals surface area contributed by atoms with Gasteiger partial charge < -0.3 is 34.2 Å². The zero-order valence-corrected chi connectivity index (χ0v) is 35.3. The fourth-order valence-electron chi connectivity index (χ4n) is 10.6. The van der Waals surface area contributed by atoms with Gasteiger partial charge in [0.2, 0.25) is 5.91 Å². The van der Waals surface area contributed by atoms with Crippen LogP contribution in [0.2, 0.25) is 0 Å². The molecule has 13 heteroatoms. The van der Waals surface area contributed by atoms with E-state index in [1.54, 1.807) is 51.6 Å². The highest BCUT2D eigenvalue weighted by molar-refractivity contribution is 6.10. The number of ether oxygens (including phenoxy) is 3. The number of aliphatic hydroxyl groups is 2. The maximum Gasteiger partial charge on any atom is 0.269 e. The van der Waals surface area contributed by atoms with Crippen LogP contribution in [0.5, 0.6) is 11.5 Å². The van der Waals surface area contributed by atoms with Crippen LogP contribution < -0.4 is 24.2 Å². The number of aliphatic hydroxyl groups excluding tert-OH is 1. The second kappa shape index (κ2) is 15.4. The van der Waals surface area contributed by atoms with Gasteiger partial charge in [0.05, 0.1) is 54.4 Å². The Balaban J connectivity index is 1.03. The first-order chi connectivity index (χ1) is 30.4. The van der Waals surface area contributed by atoms with E-state index in [4.69, 9.17) is 14.2 Å². The van der Waals surface area contributed by atoms with Crippen molar-refractivity contribution in [3.8, 4) is 11.5 Å². The number of amides is 4. The van der Waals surface area contributed by atoms with Crippen molar-refractivity contribution in [2.24, 2.45) is 11.8 Å². The van der Waals surface area contributed by atoms with Gasteiger partial charge >= 0.3 is 0 Å². The number of benzene rings is 5. The number of para-hydroxylation sites is 4. The molecule has 0 saturated carbocycles. The van der Waals surface area contributed by atoms with Crippen LogP contribution >= 0.6 is 0 Å². The van der Waals surface area contributed by atoms with Crippen molar-refractivity contribution in [2.75, 3.05) is 34.5 Å². The van der Waals surface area contributed by atoms with E-state index in [0.717, 1.165) is 16.7 Å². The lowest BCUT2D eigenvalue weighted by molar-refractivity contribution is -0.151. The molecular formula is C50H48N4O9. The Morgan fingerprint density at radius 2 is 1.35 bits per heavy atom. The number of carbonyl (C=O) groups is 4. The summed E-state index contributed by atoms with van der Waals surface area (Å²) in [6.07, 6.45) is -0.533. The second-order valence-corrected chi connectivity index (χ2v) is 17.6. The van der Waals surface area contributed by atoms with Gasteiger partial charge in [0.1, 0.15) is 11.5 Å². The lowest BCUT2D eigenvalue weighted by Gasteiger charge is -2.38. The number of fused-ring (bicyclic) bond motifs is 5. The molecular weight excluding hydrogens is 801 g/mol. The topological polar surface area (TPSA) is 149 Å². The van der Waals surface area contributed by atoms with E-state index in [9.17, 15) is 24.6 Å². The molecule has 4 amide bonds. The first-order valence-electron chi connectivity index (χ1n) is 21.4. The van der Waals surface area contributed by atoms with E-state index < -0.39 is 35.2 Å². The van der Waals surface area contributed by atoms with Crippen molar-refractivity contribution >= 4 is 52.1 Å². The van der Waals surface area contributed by atoms with Crippen molar-refractivity contribution in [1.82, 2.24) is 4.90 Å². The Labute approximate surface area is 365 Å². The van der Waals surface area contributed by atoms with Crippen LogP contribution in [0.3, 0.4) is 0 Å². The van der Waals surface area contributed by atoms with Gasteiger partial charge in [0.25, 0.3) is 17.7 Å². The minimum atomic E-state index is -1.66. The zero-order valence-electron chi connectivity index (χ0n) is 35.3. The Morgan fingerprint density at radius 1 is 0.762 bits per heavy atom. The second-order valence-electron chi connectivity index (χ2n) is 17.6. The van der Waals surface area contributed by atoms with Crippen molar-refractivity contribution in [3.63, 3.8) is 0 Å². The van der Waals surface area contributed by atoms with Gasteiger partial charge in [-0.15, -0.1) is 0 Å². The molecule has 5 aliphatic rings. The number of hydrogen-bond acceptors (Lipinski definition) is 9. The summed E-state index contributed by atoms with van der Waals surface area (Å²) in [5.41, 5.74) is 3.26. The summed E-state index contributed by atoms with van der Waals surface area (Å²) in [4.78, 5) is 63.3. The average Bonchev–Trinajstić information content (AvgIpc) is 3.71. The molecule has 1 spiro atoms. The summed E-state index contributed by atoms with van der Waals surface area (Å²) >= 11 is 0. The zero-order chi connectivity index (χ0) is 43.8. The molecule has 1 fully saturated rings. The normalized spacial score (nSPS) is 23.9. The van der Waals surface area contributed by atoms with E-state index >= 15 is 4.79 Å². The molecule has 13 nitrogen and oxygen atoms in total. The largest absolute Gasteiger partial charge is 0.482 e. The summed E-state index contributed by atoms with van der Waals surface area (Å²) in [5.74, 6) is -1.29. The molecule has 0 aliphatic carbocycles. The first kappa shape index (κ1) is 40.5. The molecule has 0 aromatic heterocycles.